The van der Waals surface area contributed by atoms with Gasteiger partial charge in [0.1, 0.15) is 5.75 Å². The number of amides is 1. The fraction of sp³-hybridized carbons (Fsp3) is 0.211. The molecule has 6 nitrogen and oxygen atoms in total. The minimum Gasteiger partial charge on any atom is -0.508 e. The Balaban J connectivity index is 1.75. The number of carbonyl (C=O) groups excluding carboxylic acids is 1. The van der Waals surface area contributed by atoms with Gasteiger partial charge in [-0.3, -0.25) is 4.79 Å². The van der Waals surface area contributed by atoms with E-state index in [9.17, 15) is 9.90 Å². The van der Waals surface area contributed by atoms with Crippen LogP contribution in [0.4, 0.5) is 5.69 Å². The van der Waals surface area contributed by atoms with Crippen LogP contribution in [-0.4, -0.2) is 31.0 Å². The smallest absolute Gasteiger partial charge is 0.237 e. The highest BCUT2D eigenvalue weighted by Crippen LogP contribution is 2.28. The lowest BCUT2D eigenvalue weighted by atomic mass is 10.2. The number of para-hydroxylation sites is 1. The maximum Gasteiger partial charge on any atom is 0.237 e. The summed E-state index contributed by atoms with van der Waals surface area (Å²) in [6, 6.07) is 16.2. The molecule has 0 aliphatic carbocycles. The van der Waals surface area contributed by atoms with Crippen LogP contribution in [0.1, 0.15) is 13.8 Å². The van der Waals surface area contributed by atoms with Crippen molar-refractivity contribution in [2.75, 3.05) is 5.32 Å². The lowest BCUT2D eigenvalue weighted by Crippen LogP contribution is -2.22. The first-order valence-corrected chi connectivity index (χ1v) is 9.21. The Hall–Kier alpha value is -2.80. The molecule has 26 heavy (non-hydrogen) atoms. The zero-order valence-electron chi connectivity index (χ0n) is 14.6. The molecule has 0 saturated carbocycles. The first kappa shape index (κ1) is 18.0. The molecule has 2 N–H and O–H groups in total. The van der Waals surface area contributed by atoms with Gasteiger partial charge in [0.15, 0.2) is 11.0 Å². The number of phenols is 1. The number of carbonyl (C=O) groups is 1. The van der Waals surface area contributed by atoms with E-state index in [0.717, 1.165) is 11.3 Å². The van der Waals surface area contributed by atoms with Crippen LogP contribution in [0.3, 0.4) is 0 Å². The third kappa shape index (κ3) is 4.05. The van der Waals surface area contributed by atoms with Gasteiger partial charge in [-0.2, -0.15) is 0 Å². The van der Waals surface area contributed by atoms with Crippen molar-refractivity contribution >= 4 is 23.4 Å². The van der Waals surface area contributed by atoms with E-state index in [4.69, 9.17) is 0 Å². The Labute approximate surface area is 156 Å². The van der Waals surface area contributed by atoms with Crippen LogP contribution in [-0.2, 0) is 11.3 Å². The Morgan fingerprint density at radius 1 is 1.15 bits per heavy atom. The number of aromatic hydroxyl groups is 1. The van der Waals surface area contributed by atoms with E-state index in [1.165, 1.54) is 11.8 Å². The molecule has 0 aliphatic heterocycles. The minimum atomic E-state index is -0.322. The number of phenolic OH excluding ortho intramolecular Hbond substituents is 1. The van der Waals surface area contributed by atoms with Gasteiger partial charge in [-0.1, -0.05) is 30.0 Å². The maximum absolute atomic E-state index is 12.4. The van der Waals surface area contributed by atoms with Crippen molar-refractivity contribution in [3.8, 4) is 17.1 Å². The molecular weight excluding hydrogens is 348 g/mol. The van der Waals surface area contributed by atoms with E-state index >= 15 is 0 Å². The second-order valence-electron chi connectivity index (χ2n) is 5.71. The predicted molar refractivity (Wildman–Crippen MR) is 103 cm³/mol. The number of nitrogens with zero attached hydrogens (tertiary/aromatic N) is 3. The molecule has 0 aliphatic rings. The molecule has 2 aromatic carbocycles. The summed E-state index contributed by atoms with van der Waals surface area (Å²) in [5.74, 6) is 0.834. The van der Waals surface area contributed by atoms with Crippen LogP contribution >= 0.6 is 11.8 Å². The second kappa shape index (κ2) is 8.05. The van der Waals surface area contributed by atoms with Crippen LogP contribution in [0.15, 0.2) is 59.8 Å². The summed E-state index contributed by atoms with van der Waals surface area (Å²) >= 11 is 1.37. The molecule has 0 saturated heterocycles. The average molecular weight is 368 g/mol. The molecule has 1 aromatic heterocycles. The topological polar surface area (TPSA) is 80.0 Å². The van der Waals surface area contributed by atoms with Crippen molar-refractivity contribution in [1.82, 2.24) is 14.8 Å². The van der Waals surface area contributed by atoms with Gasteiger partial charge in [-0.15, -0.1) is 10.2 Å². The molecular formula is C19H20N4O2S. The van der Waals surface area contributed by atoms with E-state index in [0.29, 0.717) is 17.5 Å². The van der Waals surface area contributed by atoms with Gasteiger partial charge >= 0.3 is 0 Å². The number of anilines is 1. The number of aromatic nitrogens is 3. The number of hydrogen-bond donors (Lipinski definition) is 2. The highest BCUT2D eigenvalue weighted by atomic mass is 32.2. The lowest BCUT2D eigenvalue weighted by Gasteiger charge is -2.12. The van der Waals surface area contributed by atoms with Crippen LogP contribution in [0.5, 0.6) is 5.75 Å². The van der Waals surface area contributed by atoms with E-state index in [1.807, 2.05) is 48.7 Å². The normalized spacial score (nSPS) is 11.9. The highest BCUT2D eigenvalue weighted by molar-refractivity contribution is 8.00. The van der Waals surface area contributed by atoms with Gasteiger partial charge in [0, 0.05) is 17.8 Å². The van der Waals surface area contributed by atoms with Crippen LogP contribution in [0.25, 0.3) is 11.4 Å². The van der Waals surface area contributed by atoms with Crippen LogP contribution in [0, 0.1) is 0 Å². The molecule has 0 radical (unpaired) electrons. The summed E-state index contributed by atoms with van der Waals surface area (Å²) in [4.78, 5) is 12.4. The summed E-state index contributed by atoms with van der Waals surface area (Å²) in [6.45, 7) is 4.53. The molecule has 3 rings (SSSR count). The summed E-state index contributed by atoms with van der Waals surface area (Å²) in [5.41, 5.74) is 1.64. The molecule has 0 spiro atoms. The quantitative estimate of drug-likeness (QED) is 0.647. The van der Waals surface area contributed by atoms with Gasteiger partial charge in [0.05, 0.1) is 5.25 Å². The Morgan fingerprint density at radius 2 is 1.85 bits per heavy atom. The monoisotopic (exact) mass is 368 g/mol. The Kier molecular flexibility index (Phi) is 5.58. The molecule has 3 aromatic rings. The number of hydrogen-bond acceptors (Lipinski definition) is 5. The molecule has 1 heterocycles. The zero-order valence-corrected chi connectivity index (χ0v) is 15.4. The van der Waals surface area contributed by atoms with Gasteiger partial charge in [0.25, 0.3) is 0 Å². The summed E-state index contributed by atoms with van der Waals surface area (Å²) in [5, 5.41) is 21.2. The van der Waals surface area contributed by atoms with Crippen molar-refractivity contribution in [3.63, 3.8) is 0 Å². The van der Waals surface area contributed by atoms with E-state index in [-0.39, 0.29) is 16.9 Å². The number of rotatable bonds is 6. The molecule has 7 heteroatoms. The number of benzene rings is 2. The van der Waals surface area contributed by atoms with Gasteiger partial charge in [-0.05, 0) is 50.2 Å². The van der Waals surface area contributed by atoms with Gasteiger partial charge < -0.3 is 15.0 Å². The lowest BCUT2D eigenvalue weighted by molar-refractivity contribution is -0.115. The fourth-order valence-corrected chi connectivity index (χ4v) is 3.37. The highest BCUT2D eigenvalue weighted by Gasteiger charge is 2.20. The average Bonchev–Trinajstić information content (AvgIpc) is 3.05. The number of thioether (sulfide) groups is 1. The SMILES string of the molecule is CCn1c(SC(C)C(=O)Nc2ccccc2)nnc1-c1ccc(O)cc1. The number of nitrogens with one attached hydrogen (secondary N) is 1. The molecule has 0 fully saturated rings. The van der Waals surface area contributed by atoms with Gasteiger partial charge in [0.2, 0.25) is 5.91 Å². The van der Waals surface area contributed by atoms with Crippen molar-refractivity contribution in [2.24, 2.45) is 0 Å². The molecule has 1 atom stereocenters. The van der Waals surface area contributed by atoms with Crippen molar-refractivity contribution in [3.05, 3.63) is 54.6 Å². The van der Waals surface area contributed by atoms with Crippen molar-refractivity contribution in [2.45, 2.75) is 30.8 Å². The fourth-order valence-electron chi connectivity index (χ4n) is 2.46. The Bertz CT molecular complexity index is 878. The minimum absolute atomic E-state index is 0.0852. The van der Waals surface area contributed by atoms with E-state index in [1.54, 1.807) is 24.3 Å². The first-order chi connectivity index (χ1) is 12.6. The summed E-state index contributed by atoms with van der Waals surface area (Å²) in [7, 11) is 0. The third-order valence-electron chi connectivity index (χ3n) is 3.85. The standard InChI is InChI=1S/C19H20N4O2S/c1-3-23-17(14-9-11-16(24)12-10-14)21-22-19(23)26-13(2)18(25)20-15-7-5-4-6-8-15/h4-13,24H,3H2,1-2H3,(H,20,25). The summed E-state index contributed by atoms with van der Waals surface area (Å²) in [6.07, 6.45) is 0. The summed E-state index contributed by atoms with van der Waals surface area (Å²) < 4.78 is 1.96. The predicted octanol–water partition coefficient (Wildman–Crippen LogP) is 3.79. The second-order valence-corrected chi connectivity index (χ2v) is 7.02. The van der Waals surface area contributed by atoms with Gasteiger partial charge in [-0.25, -0.2) is 0 Å². The molecule has 134 valence electrons. The molecule has 1 amide bonds. The van der Waals surface area contributed by atoms with Crippen molar-refractivity contribution in [1.29, 1.82) is 0 Å². The first-order valence-electron chi connectivity index (χ1n) is 8.33. The largest absolute Gasteiger partial charge is 0.508 e. The van der Waals surface area contributed by atoms with Crippen LogP contribution < -0.4 is 5.32 Å². The van der Waals surface area contributed by atoms with Crippen LogP contribution in [0.2, 0.25) is 0 Å². The maximum atomic E-state index is 12.4. The van der Waals surface area contributed by atoms with E-state index < -0.39 is 0 Å². The van der Waals surface area contributed by atoms with Crippen molar-refractivity contribution < 1.29 is 9.90 Å². The van der Waals surface area contributed by atoms with E-state index in [2.05, 4.69) is 15.5 Å². The molecule has 0 bridgehead atoms. The zero-order chi connectivity index (χ0) is 18.5. The third-order valence-corrected chi connectivity index (χ3v) is 4.93. The Morgan fingerprint density at radius 3 is 2.50 bits per heavy atom. The molecule has 1 unspecified atom stereocenters.